The second-order valence-electron chi connectivity index (χ2n) is 8.87. The average molecular weight is 423 g/mol. The molecule has 2 aromatic rings. The normalized spacial score (nSPS) is 17.7. The summed E-state index contributed by atoms with van der Waals surface area (Å²) in [5, 5.41) is 0. The number of piperidine rings is 1. The van der Waals surface area contributed by atoms with Crippen LogP contribution in [0.1, 0.15) is 52.7 Å². The molecule has 2 aliphatic heterocycles. The molecule has 0 N–H and O–H groups in total. The number of hydrogen-bond donors (Lipinski definition) is 0. The second kappa shape index (κ2) is 9.73. The molecule has 0 spiro atoms. The fourth-order valence-electron chi connectivity index (χ4n) is 4.52. The average Bonchev–Trinajstić information content (AvgIpc) is 3.32. The van der Waals surface area contributed by atoms with Gasteiger partial charge in [-0.1, -0.05) is 18.2 Å². The standard InChI is InChI=1S/C26H34N2O3/c1-19-6-7-21(16-20(19)2)18-27-14-10-22(11-15-27)31-25-17-23(30-3)8-9-24(25)26(29)28-12-4-5-13-28/h6-9,16-17,22H,4-5,10-15,18H2,1-3H3. The third-order valence-electron chi connectivity index (χ3n) is 6.62. The van der Waals surface area contributed by atoms with Crippen LogP contribution in [0.3, 0.4) is 0 Å². The van der Waals surface area contributed by atoms with Crippen LogP contribution in [0.25, 0.3) is 0 Å². The van der Waals surface area contributed by atoms with E-state index in [9.17, 15) is 4.79 Å². The Labute approximate surface area is 185 Å². The van der Waals surface area contributed by atoms with Crippen LogP contribution in [-0.2, 0) is 6.54 Å². The van der Waals surface area contributed by atoms with Crippen LogP contribution >= 0.6 is 0 Å². The summed E-state index contributed by atoms with van der Waals surface area (Å²) in [6.07, 6.45) is 4.20. The Morgan fingerprint density at radius 1 is 0.968 bits per heavy atom. The molecule has 166 valence electrons. The smallest absolute Gasteiger partial charge is 0.257 e. The molecule has 4 rings (SSSR count). The predicted octanol–water partition coefficient (Wildman–Crippen LogP) is 4.59. The van der Waals surface area contributed by atoms with Crippen molar-refractivity contribution in [3.05, 3.63) is 58.7 Å². The van der Waals surface area contributed by atoms with Crippen molar-refractivity contribution >= 4 is 5.91 Å². The molecule has 0 atom stereocenters. The van der Waals surface area contributed by atoms with E-state index in [0.29, 0.717) is 11.3 Å². The lowest BCUT2D eigenvalue weighted by Gasteiger charge is -2.32. The minimum absolute atomic E-state index is 0.0716. The van der Waals surface area contributed by atoms with Crippen LogP contribution < -0.4 is 9.47 Å². The molecule has 0 aromatic heterocycles. The van der Waals surface area contributed by atoms with E-state index in [1.54, 1.807) is 7.11 Å². The molecule has 2 saturated heterocycles. The Hall–Kier alpha value is -2.53. The molecule has 0 bridgehead atoms. The molecule has 5 nitrogen and oxygen atoms in total. The van der Waals surface area contributed by atoms with Gasteiger partial charge in [0, 0.05) is 38.8 Å². The van der Waals surface area contributed by atoms with E-state index in [-0.39, 0.29) is 12.0 Å². The molecule has 2 heterocycles. The molecular weight excluding hydrogens is 388 g/mol. The van der Waals surface area contributed by atoms with Gasteiger partial charge in [-0.2, -0.15) is 0 Å². The minimum atomic E-state index is 0.0716. The number of likely N-dealkylation sites (tertiary alicyclic amines) is 2. The van der Waals surface area contributed by atoms with Crippen molar-refractivity contribution in [2.45, 2.75) is 52.2 Å². The molecule has 1 amide bonds. The number of nitrogens with zero attached hydrogens (tertiary/aromatic N) is 2. The maximum absolute atomic E-state index is 13.0. The first-order valence-corrected chi connectivity index (χ1v) is 11.5. The van der Waals surface area contributed by atoms with Crippen molar-refractivity contribution in [3.8, 4) is 11.5 Å². The van der Waals surface area contributed by atoms with Gasteiger partial charge in [0.1, 0.15) is 17.6 Å². The van der Waals surface area contributed by atoms with E-state index in [4.69, 9.17) is 9.47 Å². The maximum Gasteiger partial charge on any atom is 0.257 e. The zero-order valence-electron chi connectivity index (χ0n) is 19.0. The number of carbonyl (C=O) groups is 1. The number of amides is 1. The van der Waals surface area contributed by atoms with Gasteiger partial charge < -0.3 is 14.4 Å². The summed E-state index contributed by atoms with van der Waals surface area (Å²) in [5.41, 5.74) is 4.71. The van der Waals surface area contributed by atoms with Crippen molar-refractivity contribution < 1.29 is 14.3 Å². The van der Waals surface area contributed by atoms with Crippen LogP contribution in [0.15, 0.2) is 36.4 Å². The highest BCUT2D eigenvalue weighted by Gasteiger charge is 2.26. The molecule has 5 heteroatoms. The maximum atomic E-state index is 13.0. The molecule has 2 aliphatic rings. The molecule has 2 aromatic carbocycles. The van der Waals surface area contributed by atoms with E-state index >= 15 is 0 Å². The van der Waals surface area contributed by atoms with Gasteiger partial charge in [0.15, 0.2) is 0 Å². The fraction of sp³-hybridized carbons (Fsp3) is 0.500. The summed E-state index contributed by atoms with van der Waals surface area (Å²) in [6, 6.07) is 12.3. The molecule has 0 unspecified atom stereocenters. The largest absolute Gasteiger partial charge is 0.497 e. The Morgan fingerprint density at radius 3 is 2.39 bits per heavy atom. The van der Waals surface area contributed by atoms with Crippen molar-refractivity contribution in [2.24, 2.45) is 0 Å². The summed E-state index contributed by atoms with van der Waals surface area (Å²) >= 11 is 0. The highest BCUT2D eigenvalue weighted by Crippen LogP contribution is 2.30. The Balaban J connectivity index is 1.39. The van der Waals surface area contributed by atoms with Crippen LogP contribution in [0.4, 0.5) is 0 Å². The van der Waals surface area contributed by atoms with Crippen molar-refractivity contribution in [2.75, 3.05) is 33.3 Å². The third-order valence-corrected chi connectivity index (χ3v) is 6.62. The van der Waals surface area contributed by atoms with Gasteiger partial charge in [-0.05, 0) is 68.4 Å². The number of carbonyl (C=O) groups excluding carboxylic acids is 1. The number of ether oxygens (including phenoxy) is 2. The predicted molar refractivity (Wildman–Crippen MR) is 123 cm³/mol. The van der Waals surface area contributed by atoms with E-state index in [1.807, 2.05) is 23.1 Å². The number of hydrogen-bond acceptors (Lipinski definition) is 4. The van der Waals surface area contributed by atoms with Gasteiger partial charge in [0.2, 0.25) is 0 Å². The topological polar surface area (TPSA) is 42.0 Å². The lowest BCUT2D eigenvalue weighted by Crippen LogP contribution is -2.38. The van der Waals surface area contributed by atoms with E-state index in [2.05, 4.69) is 36.9 Å². The van der Waals surface area contributed by atoms with Crippen molar-refractivity contribution in [1.82, 2.24) is 9.80 Å². The fourth-order valence-corrected chi connectivity index (χ4v) is 4.52. The summed E-state index contributed by atoms with van der Waals surface area (Å²) in [5.74, 6) is 1.45. The first kappa shape index (κ1) is 21.7. The van der Waals surface area contributed by atoms with Gasteiger partial charge in [0.05, 0.1) is 12.7 Å². The second-order valence-corrected chi connectivity index (χ2v) is 8.87. The summed E-state index contributed by atoms with van der Waals surface area (Å²) in [4.78, 5) is 17.4. The minimum Gasteiger partial charge on any atom is -0.497 e. The Kier molecular flexibility index (Phi) is 6.81. The van der Waals surface area contributed by atoms with Crippen molar-refractivity contribution in [1.29, 1.82) is 0 Å². The first-order valence-electron chi connectivity index (χ1n) is 11.5. The van der Waals surface area contributed by atoms with Crippen LogP contribution in [0, 0.1) is 13.8 Å². The van der Waals surface area contributed by atoms with Crippen LogP contribution in [0.5, 0.6) is 11.5 Å². The quantitative estimate of drug-likeness (QED) is 0.683. The van der Waals surface area contributed by atoms with Crippen LogP contribution in [0.2, 0.25) is 0 Å². The van der Waals surface area contributed by atoms with Gasteiger partial charge >= 0.3 is 0 Å². The highest BCUT2D eigenvalue weighted by molar-refractivity contribution is 5.97. The van der Waals surface area contributed by atoms with Gasteiger partial charge in [-0.25, -0.2) is 0 Å². The third kappa shape index (κ3) is 5.21. The zero-order chi connectivity index (χ0) is 21.8. The van der Waals surface area contributed by atoms with E-state index in [0.717, 1.165) is 64.2 Å². The van der Waals surface area contributed by atoms with Gasteiger partial charge in [-0.3, -0.25) is 9.69 Å². The lowest BCUT2D eigenvalue weighted by molar-refractivity contribution is 0.0764. The van der Waals surface area contributed by atoms with E-state index in [1.165, 1.54) is 16.7 Å². The number of rotatable bonds is 6. The molecule has 0 aliphatic carbocycles. The van der Waals surface area contributed by atoms with Crippen molar-refractivity contribution in [3.63, 3.8) is 0 Å². The zero-order valence-corrected chi connectivity index (χ0v) is 19.0. The molecule has 2 fully saturated rings. The molecule has 0 saturated carbocycles. The molecular formula is C26H34N2O3. The molecule has 31 heavy (non-hydrogen) atoms. The SMILES string of the molecule is COc1ccc(C(=O)N2CCCC2)c(OC2CCN(Cc3ccc(C)c(C)c3)CC2)c1. The number of aryl methyl sites for hydroxylation is 2. The summed E-state index contributed by atoms with van der Waals surface area (Å²) in [7, 11) is 1.65. The van der Waals surface area contributed by atoms with Crippen LogP contribution in [-0.4, -0.2) is 55.1 Å². The number of methoxy groups -OCH3 is 1. The highest BCUT2D eigenvalue weighted by atomic mass is 16.5. The Morgan fingerprint density at radius 2 is 1.71 bits per heavy atom. The van der Waals surface area contributed by atoms with Gasteiger partial charge in [-0.15, -0.1) is 0 Å². The first-order chi connectivity index (χ1) is 15.0. The van der Waals surface area contributed by atoms with Gasteiger partial charge in [0.25, 0.3) is 5.91 Å². The summed E-state index contributed by atoms with van der Waals surface area (Å²) < 4.78 is 11.8. The summed E-state index contributed by atoms with van der Waals surface area (Å²) in [6.45, 7) is 8.97. The lowest BCUT2D eigenvalue weighted by atomic mass is 10.0. The Bertz CT molecular complexity index is 913. The number of benzene rings is 2. The van der Waals surface area contributed by atoms with E-state index < -0.39 is 0 Å². The molecule has 0 radical (unpaired) electrons. The monoisotopic (exact) mass is 422 g/mol.